The maximum Gasteiger partial charge on any atom is 0.305 e. The van der Waals surface area contributed by atoms with Crippen LogP contribution in [0, 0.1) is 17.0 Å². The molecule has 1 aromatic carbocycles. The van der Waals surface area contributed by atoms with Gasteiger partial charge in [-0.25, -0.2) is 4.68 Å². The highest BCUT2D eigenvalue weighted by molar-refractivity contribution is 5.93. The van der Waals surface area contributed by atoms with Gasteiger partial charge in [-0.3, -0.25) is 19.7 Å². The molecule has 1 aromatic heterocycles. The van der Waals surface area contributed by atoms with Crippen LogP contribution in [0.15, 0.2) is 24.3 Å². The average Bonchev–Trinajstić information content (AvgIpc) is 2.88. The number of nitro benzene ring substituents is 1. The lowest BCUT2D eigenvalue weighted by Crippen LogP contribution is -2.34. The number of benzene rings is 1. The average molecular weight is 333 g/mol. The topological polar surface area (TPSA) is 140 Å². The molecule has 0 aliphatic carbocycles. The smallest absolute Gasteiger partial charge is 0.305 e. The van der Waals surface area contributed by atoms with E-state index >= 15 is 0 Å². The van der Waals surface area contributed by atoms with E-state index in [1.54, 1.807) is 19.9 Å². The van der Waals surface area contributed by atoms with Crippen LogP contribution < -0.4 is 5.32 Å². The molecule has 0 saturated carbocycles. The minimum atomic E-state index is -1.03. The standard InChI is InChI=1S/C14H15N5O5/c1-8(6-12(20)21)15-14(22)13-9(2)18(17-16-13)10-4-3-5-11(7-10)19(23)24/h3-5,7-8H,6H2,1-2H3,(H,15,22)(H,20,21). The van der Waals surface area contributed by atoms with Crippen LogP contribution >= 0.6 is 0 Å². The second kappa shape index (κ2) is 6.86. The summed E-state index contributed by atoms with van der Waals surface area (Å²) in [7, 11) is 0. The van der Waals surface area contributed by atoms with Crippen LogP contribution in [0.25, 0.3) is 5.69 Å². The van der Waals surface area contributed by atoms with Crippen LogP contribution in [0.4, 0.5) is 5.69 Å². The largest absolute Gasteiger partial charge is 0.481 e. The zero-order valence-electron chi connectivity index (χ0n) is 13.0. The van der Waals surface area contributed by atoms with Gasteiger partial charge in [-0.1, -0.05) is 11.3 Å². The molecule has 0 saturated heterocycles. The maximum atomic E-state index is 12.1. The Labute approximate surface area is 136 Å². The van der Waals surface area contributed by atoms with E-state index in [1.165, 1.54) is 22.9 Å². The second-order valence-electron chi connectivity index (χ2n) is 5.18. The Morgan fingerprint density at radius 1 is 1.46 bits per heavy atom. The molecule has 2 N–H and O–H groups in total. The van der Waals surface area contributed by atoms with Gasteiger partial charge in [-0.15, -0.1) is 5.10 Å². The molecule has 10 nitrogen and oxygen atoms in total. The summed E-state index contributed by atoms with van der Waals surface area (Å²) in [6.45, 7) is 3.15. The number of nitrogens with one attached hydrogen (secondary N) is 1. The summed E-state index contributed by atoms with van der Waals surface area (Å²) in [5.41, 5.74) is 0.699. The molecule has 0 bridgehead atoms. The molecule has 1 unspecified atom stereocenters. The van der Waals surface area contributed by atoms with E-state index in [4.69, 9.17) is 5.11 Å². The number of carbonyl (C=O) groups is 2. The number of rotatable bonds is 6. The number of aromatic nitrogens is 3. The fraction of sp³-hybridized carbons (Fsp3) is 0.286. The van der Waals surface area contributed by atoms with Crippen molar-refractivity contribution in [1.29, 1.82) is 0 Å². The number of aliphatic carboxylic acids is 1. The number of carboxylic acid groups (broad SMARTS) is 1. The molecule has 126 valence electrons. The summed E-state index contributed by atoms with van der Waals surface area (Å²) in [6, 6.07) is 5.19. The van der Waals surface area contributed by atoms with Gasteiger partial charge in [0.25, 0.3) is 11.6 Å². The van der Waals surface area contributed by atoms with E-state index in [-0.39, 0.29) is 17.8 Å². The van der Waals surface area contributed by atoms with Gasteiger partial charge >= 0.3 is 5.97 Å². The molecule has 24 heavy (non-hydrogen) atoms. The highest BCUT2D eigenvalue weighted by Crippen LogP contribution is 2.18. The summed E-state index contributed by atoms with van der Waals surface area (Å²) in [6.07, 6.45) is -0.218. The monoisotopic (exact) mass is 333 g/mol. The van der Waals surface area contributed by atoms with Crippen molar-refractivity contribution in [2.45, 2.75) is 26.3 Å². The Morgan fingerprint density at radius 3 is 2.79 bits per heavy atom. The first-order chi connectivity index (χ1) is 11.3. The van der Waals surface area contributed by atoms with E-state index in [2.05, 4.69) is 15.6 Å². The zero-order valence-corrected chi connectivity index (χ0v) is 13.0. The third kappa shape index (κ3) is 3.72. The molecule has 1 atom stereocenters. The molecule has 2 aromatic rings. The van der Waals surface area contributed by atoms with Gasteiger partial charge in [0.1, 0.15) is 0 Å². The molecular formula is C14H15N5O5. The van der Waals surface area contributed by atoms with Crippen molar-refractivity contribution < 1.29 is 19.6 Å². The number of amides is 1. The van der Waals surface area contributed by atoms with Crippen LogP contribution in [0.5, 0.6) is 0 Å². The SMILES string of the molecule is Cc1c(C(=O)NC(C)CC(=O)O)nnn1-c1cccc([N+](=O)[O-])c1. The van der Waals surface area contributed by atoms with E-state index in [9.17, 15) is 19.7 Å². The molecule has 0 aliphatic rings. The lowest BCUT2D eigenvalue weighted by atomic mass is 10.2. The van der Waals surface area contributed by atoms with Gasteiger partial charge in [0, 0.05) is 18.2 Å². The Balaban J connectivity index is 2.25. The number of hydrogen-bond donors (Lipinski definition) is 2. The molecule has 0 radical (unpaired) electrons. The van der Waals surface area contributed by atoms with E-state index in [0.717, 1.165) is 0 Å². The van der Waals surface area contributed by atoms with Crippen molar-refractivity contribution in [3.05, 3.63) is 45.8 Å². The molecule has 2 rings (SSSR count). The van der Waals surface area contributed by atoms with Gasteiger partial charge in [0.15, 0.2) is 5.69 Å². The minimum absolute atomic E-state index is 0.0266. The zero-order chi connectivity index (χ0) is 17.9. The van der Waals surface area contributed by atoms with Gasteiger partial charge in [0.2, 0.25) is 0 Å². The van der Waals surface area contributed by atoms with E-state index in [1.807, 2.05) is 0 Å². The number of nitro groups is 1. The highest BCUT2D eigenvalue weighted by Gasteiger charge is 2.20. The minimum Gasteiger partial charge on any atom is -0.481 e. The summed E-state index contributed by atoms with van der Waals surface area (Å²) < 4.78 is 1.31. The Hall–Kier alpha value is -3.30. The number of nitrogens with zero attached hydrogens (tertiary/aromatic N) is 4. The first-order valence-corrected chi connectivity index (χ1v) is 6.99. The Morgan fingerprint density at radius 2 is 2.17 bits per heavy atom. The third-order valence-corrected chi connectivity index (χ3v) is 3.25. The van der Waals surface area contributed by atoms with Crippen molar-refractivity contribution in [2.24, 2.45) is 0 Å². The summed E-state index contributed by atoms with van der Waals surface area (Å²) in [5, 5.41) is 29.7. The predicted molar refractivity (Wildman–Crippen MR) is 81.9 cm³/mol. The molecule has 10 heteroatoms. The van der Waals surface area contributed by atoms with Crippen LogP contribution in [0.3, 0.4) is 0 Å². The van der Waals surface area contributed by atoms with Crippen LogP contribution in [-0.4, -0.2) is 42.9 Å². The summed E-state index contributed by atoms with van der Waals surface area (Å²) >= 11 is 0. The van der Waals surface area contributed by atoms with E-state index < -0.39 is 22.8 Å². The normalized spacial score (nSPS) is 11.8. The maximum absolute atomic E-state index is 12.1. The predicted octanol–water partition coefficient (Wildman–Crippen LogP) is 1.08. The van der Waals surface area contributed by atoms with Crippen molar-refractivity contribution in [1.82, 2.24) is 20.3 Å². The van der Waals surface area contributed by atoms with Crippen molar-refractivity contribution in [3.8, 4) is 5.69 Å². The van der Waals surface area contributed by atoms with Crippen LogP contribution in [0.1, 0.15) is 29.5 Å². The fourth-order valence-electron chi connectivity index (χ4n) is 2.13. The van der Waals surface area contributed by atoms with Crippen molar-refractivity contribution in [3.63, 3.8) is 0 Å². The van der Waals surface area contributed by atoms with E-state index in [0.29, 0.717) is 11.4 Å². The summed E-state index contributed by atoms with van der Waals surface area (Å²) in [4.78, 5) is 33.1. The molecular weight excluding hydrogens is 318 g/mol. The molecule has 1 amide bonds. The Bertz CT molecular complexity index is 801. The van der Waals surface area contributed by atoms with Gasteiger partial charge < -0.3 is 10.4 Å². The highest BCUT2D eigenvalue weighted by atomic mass is 16.6. The van der Waals surface area contributed by atoms with Crippen molar-refractivity contribution >= 4 is 17.6 Å². The molecule has 0 aliphatic heterocycles. The van der Waals surface area contributed by atoms with Gasteiger partial charge in [0.05, 0.1) is 22.7 Å². The molecule has 0 fully saturated rings. The first-order valence-electron chi connectivity index (χ1n) is 6.99. The fourth-order valence-corrected chi connectivity index (χ4v) is 2.13. The molecule has 1 heterocycles. The number of non-ortho nitro benzene ring substituents is 1. The number of carboxylic acids is 1. The van der Waals surface area contributed by atoms with Crippen LogP contribution in [0.2, 0.25) is 0 Å². The quantitative estimate of drug-likeness (QED) is 0.595. The van der Waals surface area contributed by atoms with Crippen molar-refractivity contribution in [2.75, 3.05) is 0 Å². The van der Waals surface area contributed by atoms with Crippen LogP contribution in [-0.2, 0) is 4.79 Å². The number of hydrogen-bond acceptors (Lipinski definition) is 6. The van der Waals surface area contributed by atoms with Gasteiger partial charge in [-0.2, -0.15) is 0 Å². The first kappa shape index (κ1) is 17.1. The van der Waals surface area contributed by atoms with Gasteiger partial charge in [-0.05, 0) is 19.9 Å². The third-order valence-electron chi connectivity index (χ3n) is 3.25. The lowest BCUT2D eigenvalue weighted by molar-refractivity contribution is -0.384. The molecule has 0 spiro atoms. The summed E-state index contributed by atoms with van der Waals surface area (Å²) in [5.74, 6) is -1.59. The Kier molecular flexibility index (Phi) is 4.87. The number of carbonyl (C=O) groups excluding carboxylic acids is 1. The lowest BCUT2D eigenvalue weighted by Gasteiger charge is -2.10. The second-order valence-corrected chi connectivity index (χ2v) is 5.18.